The molecule has 0 fully saturated rings. The Hall–Kier alpha value is -3.75. The zero-order valence-electron chi connectivity index (χ0n) is 14.6. The molecular formula is C20H12F4N4O. The lowest BCUT2D eigenvalue weighted by atomic mass is 10.1. The number of fused-ring (bicyclic) bond motifs is 1. The highest BCUT2D eigenvalue weighted by molar-refractivity contribution is 6.08. The predicted octanol–water partition coefficient (Wildman–Crippen LogP) is 5.04. The van der Waals surface area contributed by atoms with Crippen LogP contribution in [-0.2, 0) is 6.18 Å². The molecule has 4 rings (SSSR count). The quantitative estimate of drug-likeness (QED) is 0.474. The monoisotopic (exact) mass is 400 g/mol. The second kappa shape index (κ2) is 7.01. The molecule has 0 radical (unpaired) electrons. The summed E-state index contributed by atoms with van der Waals surface area (Å²) in [5.74, 6) is -1.43. The van der Waals surface area contributed by atoms with Crippen LogP contribution in [0.3, 0.4) is 0 Å². The first-order chi connectivity index (χ1) is 13.8. The summed E-state index contributed by atoms with van der Waals surface area (Å²) in [6.45, 7) is 0. The Bertz CT molecular complexity index is 1200. The van der Waals surface area contributed by atoms with Crippen LogP contribution >= 0.6 is 0 Å². The Morgan fingerprint density at radius 3 is 2.62 bits per heavy atom. The van der Waals surface area contributed by atoms with Gasteiger partial charge in [0, 0.05) is 18.0 Å². The fraction of sp³-hybridized carbons (Fsp3) is 0.0500. The third-order valence-corrected chi connectivity index (χ3v) is 4.23. The van der Waals surface area contributed by atoms with E-state index in [1.165, 1.54) is 12.4 Å². The number of anilines is 1. The maximum absolute atomic E-state index is 13.6. The van der Waals surface area contributed by atoms with Gasteiger partial charge in [0.1, 0.15) is 17.2 Å². The van der Waals surface area contributed by atoms with Crippen molar-refractivity contribution in [1.82, 2.24) is 15.0 Å². The predicted molar refractivity (Wildman–Crippen MR) is 98.7 cm³/mol. The van der Waals surface area contributed by atoms with Crippen molar-refractivity contribution in [2.24, 2.45) is 0 Å². The normalized spacial score (nSPS) is 11.6. The number of nitrogens with zero attached hydrogens (tertiary/aromatic N) is 2. The molecule has 2 heterocycles. The molecule has 2 aromatic heterocycles. The van der Waals surface area contributed by atoms with Crippen molar-refractivity contribution in [2.75, 3.05) is 5.32 Å². The van der Waals surface area contributed by atoms with Gasteiger partial charge in [-0.2, -0.15) is 13.2 Å². The standard InChI is InChI=1S/C20H12F4N4O/c21-12-6-7-14(20(22,23)24)13(9-12)18-26-15-4-1-5-16(17(15)28-18)27-19(29)11-3-2-8-25-10-11/h1-10H,(H,26,28)(H,27,29). The molecule has 0 saturated carbocycles. The number of amides is 1. The Morgan fingerprint density at radius 2 is 1.90 bits per heavy atom. The molecular weight excluding hydrogens is 388 g/mol. The molecule has 0 spiro atoms. The second-order valence-electron chi connectivity index (χ2n) is 6.17. The topological polar surface area (TPSA) is 70.7 Å². The number of carbonyl (C=O) groups excluding carboxylic acids is 1. The number of aromatic nitrogens is 3. The SMILES string of the molecule is O=C(Nc1cccc2[nH]c(-c3cc(F)ccc3C(F)(F)F)nc12)c1cccnc1. The summed E-state index contributed by atoms with van der Waals surface area (Å²) in [7, 11) is 0. The van der Waals surface area contributed by atoms with E-state index in [0.717, 1.165) is 12.1 Å². The number of pyridine rings is 1. The molecule has 2 aromatic carbocycles. The molecule has 0 saturated heterocycles. The van der Waals surface area contributed by atoms with Crippen LogP contribution < -0.4 is 5.32 Å². The highest BCUT2D eigenvalue weighted by atomic mass is 19.4. The minimum Gasteiger partial charge on any atom is -0.338 e. The molecule has 1 amide bonds. The Balaban J connectivity index is 1.78. The minimum atomic E-state index is -4.68. The first kappa shape index (κ1) is 18.6. The second-order valence-corrected chi connectivity index (χ2v) is 6.17. The Kier molecular flexibility index (Phi) is 4.50. The third-order valence-electron chi connectivity index (χ3n) is 4.23. The number of imidazole rings is 1. The number of benzene rings is 2. The summed E-state index contributed by atoms with van der Waals surface area (Å²) in [6, 6.07) is 10.1. The van der Waals surface area contributed by atoms with Gasteiger partial charge in [0.2, 0.25) is 0 Å². The Morgan fingerprint density at radius 1 is 1.07 bits per heavy atom. The van der Waals surface area contributed by atoms with Gasteiger partial charge in [-0.05, 0) is 42.5 Å². The van der Waals surface area contributed by atoms with Gasteiger partial charge in [-0.15, -0.1) is 0 Å². The van der Waals surface area contributed by atoms with Gasteiger partial charge in [-0.3, -0.25) is 9.78 Å². The maximum Gasteiger partial charge on any atom is 0.417 e. The number of H-pyrrole nitrogens is 1. The molecule has 5 nitrogen and oxygen atoms in total. The minimum absolute atomic E-state index is 0.157. The van der Waals surface area contributed by atoms with Crippen LogP contribution in [0, 0.1) is 5.82 Å². The van der Waals surface area contributed by atoms with Crippen molar-refractivity contribution in [2.45, 2.75) is 6.18 Å². The van der Waals surface area contributed by atoms with Crippen molar-refractivity contribution >= 4 is 22.6 Å². The lowest BCUT2D eigenvalue weighted by Gasteiger charge is -2.11. The summed E-state index contributed by atoms with van der Waals surface area (Å²) >= 11 is 0. The van der Waals surface area contributed by atoms with E-state index < -0.39 is 29.0 Å². The van der Waals surface area contributed by atoms with Gasteiger partial charge in [0.25, 0.3) is 5.91 Å². The number of carbonyl (C=O) groups is 1. The number of halogens is 4. The van der Waals surface area contributed by atoms with Crippen LogP contribution in [0.1, 0.15) is 15.9 Å². The average Bonchev–Trinajstić information content (AvgIpc) is 3.13. The summed E-state index contributed by atoms with van der Waals surface area (Å²) in [4.78, 5) is 23.2. The first-order valence-electron chi connectivity index (χ1n) is 8.40. The summed E-state index contributed by atoms with van der Waals surface area (Å²) in [5.41, 5.74) is -0.191. The summed E-state index contributed by atoms with van der Waals surface area (Å²) in [5, 5.41) is 2.66. The lowest BCUT2D eigenvalue weighted by molar-refractivity contribution is -0.137. The van der Waals surface area contributed by atoms with Gasteiger partial charge >= 0.3 is 6.18 Å². The van der Waals surface area contributed by atoms with Crippen molar-refractivity contribution in [3.05, 3.63) is 77.9 Å². The highest BCUT2D eigenvalue weighted by Crippen LogP contribution is 2.37. The van der Waals surface area contributed by atoms with Crippen LogP contribution in [0.15, 0.2) is 60.9 Å². The highest BCUT2D eigenvalue weighted by Gasteiger charge is 2.34. The van der Waals surface area contributed by atoms with Crippen molar-refractivity contribution < 1.29 is 22.4 Å². The van der Waals surface area contributed by atoms with E-state index in [-0.39, 0.29) is 11.3 Å². The zero-order valence-corrected chi connectivity index (χ0v) is 14.6. The molecule has 9 heteroatoms. The summed E-state index contributed by atoms with van der Waals surface area (Å²) in [6.07, 6.45) is -1.78. The van der Waals surface area contributed by atoms with Gasteiger partial charge in [0.05, 0.1) is 22.3 Å². The Labute approximate surface area is 161 Å². The number of para-hydroxylation sites is 1. The van der Waals surface area contributed by atoms with Crippen LogP contribution in [0.4, 0.5) is 23.2 Å². The average molecular weight is 400 g/mol. The van der Waals surface area contributed by atoms with Crippen LogP contribution in [-0.4, -0.2) is 20.9 Å². The molecule has 0 atom stereocenters. The molecule has 29 heavy (non-hydrogen) atoms. The van der Waals surface area contributed by atoms with Crippen molar-refractivity contribution in [3.8, 4) is 11.4 Å². The fourth-order valence-electron chi connectivity index (χ4n) is 2.91. The van der Waals surface area contributed by atoms with E-state index in [4.69, 9.17) is 0 Å². The van der Waals surface area contributed by atoms with Gasteiger partial charge in [0.15, 0.2) is 0 Å². The molecule has 0 aliphatic rings. The molecule has 0 aliphatic heterocycles. The number of nitrogens with one attached hydrogen (secondary N) is 2. The smallest absolute Gasteiger partial charge is 0.338 e. The van der Waals surface area contributed by atoms with Gasteiger partial charge in [-0.1, -0.05) is 6.07 Å². The molecule has 2 N–H and O–H groups in total. The van der Waals surface area contributed by atoms with E-state index >= 15 is 0 Å². The number of alkyl halides is 3. The van der Waals surface area contributed by atoms with E-state index in [9.17, 15) is 22.4 Å². The van der Waals surface area contributed by atoms with Crippen LogP contribution in [0.25, 0.3) is 22.4 Å². The van der Waals surface area contributed by atoms with E-state index in [1.807, 2.05) is 0 Å². The lowest BCUT2D eigenvalue weighted by Crippen LogP contribution is -2.12. The van der Waals surface area contributed by atoms with Gasteiger partial charge < -0.3 is 10.3 Å². The van der Waals surface area contributed by atoms with Crippen molar-refractivity contribution in [3.63, 3.8) is 0 Å². The molecule has 4 aromatic rings. The van der Waals surface area contributed by atoms with E-state index in [2.05, 4.69) is 20.3 Å². The largest absolute Gasteiger partial charge is 0.417 e. The molecule has 146 valence electrons. The zero-order chi connectivity index (χ0) is 20.6. The number of rotatable bonds is 3. The molecule has 0 bridgehead atoms. The first-order valence-corrected chi connectivity index (χ1v) is 8.40. The summed E-state index contributed by atoms with van der Waals surface area (Å²) < 4.78 is 53.6. The van der Waals surface area contributed by atoms with Gasteiger partial charge in [-0.25, -0.2) is 9.37 Å². The van der Waals surface area contributed by atoms with E-state index in [0.29, 0.717) is 22.8 Å². The number of hydrogen-bond donors (Lipinski definition) is 2. The number of aromatic amines is 1. The number of hydrogen-bond acceptors (Lipinski definition) is 3. The van der Waals surface area contributed by atoms with Crippen molar-refractivity contribution in [1.29, 1.82) is 0 Å². The van der Waals surface area contributed by atoms with Crippen LogP contribution in [0.5, 0.6) is 0 Å². The maximum atomic E-state index is 13.6. The fourth-order valence-corrected chi connectivity index (χ4v) is 2.91. The van der Waals surface area contributed by atoms with Crippen LogP contribution in [0.2, 0.25) is 0 Å². The van der Waals surface area contributed by atoms with E-state index in [1.54, 1.807) is 30.3 Å². The third kappa shape index (κ3) is 3.66. The molecule has 0 aliphatic carbocycles. The molecule has 0 unspecified atom stereocenters.